The fourth-order valence-corrected chi connectivity index (χ4v) is 3.77. The number of hydrogen-bond acceptors (Lipinski definition) is 3. The van der Waals surface area contributed by atoms with Gasteiger partial charge in [-0.25, -0.2) is 0 Å². The lowest BCUT2D eigenvalue weighted by Crippen LogP contribution is -2.56. The van der Waals surface area contributed by atoms with Gasteiger partial charge in [0.2, 0.25) is 0 Å². The first-order chi connectivity index (χ1) is 8.92. The molecule has 0 aromatic carbocycles. The Morgan fingerprint density at radius 1 is 1.21 bits per heavy atom. The van der Waals surface area contributed by atoms with Crippen LogP contribution in [0.25, 0.3) is 0 Å². The molecule has 2 rings (SSSR count). The number of aliphatic carboxylic acids is 1. The Morgan fingerprint density at radius 3 is 2.42 bits per heavy atom. The van der Waals surface area contributed by atoms with Crippen LogP contribution in [0.4, 0.5) is 0 Å². The molecule has 0 bridgehead atoms. The molecule has 19 heavy (non-hydrogen) atoms. The zero-order valence-corrected chi connectivity index (χ0v) is 12.3. The molecule has 0 aromatic heterocycles. The summed E-state index contributed by atoms with van der Waals surface area (Å²) in [6, 6.07) is 0.964. The highest BCUT2D eigenvalue weighted by atomic mass is 16.4. The van der Waals surface area contributed by atoms with Crippen LogP contribution in [0.2, 0.25) is 0 Å². The predicted octanol–water partition coefficient (Wildman–Crippen LogP) is 2.22. The number of nitrogens with zero attached hydrogens (tertiary/aromatic N) is 1. The maximum absolute atomic E-state index is 11.3. The van der Waals surface area contributed by atoms with Gasteiger partial charge < -0.3 is 15.7 Å². The normalized spacial score (nSPS) is 40.3. The van der Waals surface area contributed by atoms with Crippen molar-refractivity contribution in [3.05, 3.63) is 0 Å². The summed E-state index contributed by atoms with van der Waals surface area (Å²) >= 11 is 0. The van der Waals surface area contributed by atoms with E-state index in [1.807, 2.05) is 0 Å². The van der Waals surface area contributed by atoms with Crippen LogP contribution >= 0.6 is 0 Å². The average Bonchev–Trinajstić information content (AvgIpc) is 2.39. The van der Waals surface area contributed by atoms with Gasteiger partial charge in [0.15, 0.2) is 0 Å². The lowest BCUT2D eigenvalue weighted by Gasteiger charge is -2.43. The first-order valence-electron chi connectivity index (χ1n) is 7.66. The van der Waals surface area contributed by atoms with E-state index in [4.69, 9.17) is 5.73 Å². The van der Waals surface area contributed by atoms with Crippen molar-refractivity contribution in [2.24, 2.45) is 11.7 Å². The minimum absolute atomic E-state index is 0.341. The van der Waals surface area contributed by atoms with Crippen LogP contribution in [-0.2, 0) is 4.79 Å². The zero-order chi connectivity index (χ0) is 14.0. The van der Waals surface area contributed by atoms with Crippen molar-refractivity contribution < 1.29 is 9.90 Å². The Bertz CT molecular complexity index is 326. The van der Waals surface area contributed by atoms with Gasteiger partial charge in [0, 0.05) is 12.1 Å². The van der Waals surface area contributed by atoms with Gasteiger partial charge in [-0.05, 0) is 64.3 Å². The number of nitrogens with two attached hydrogens (primary N) is 1. The summed E-state index contributed by atoms with van der Waals surface area (Å²) in [6.45, 7) is 2.33. The van der Waals surface area contributed by atoms with Crippen LogP contribution in [-0.4, -0.2) is 40.6 Å². The topological polar surface area (TPSA) is 66.6 Å². The maximum atomic E-state index is 11.3. The van der Waals surface area contributed by atoms with Gasteiger partial charge in [0.25, 0.3) is 0 Å². The summed E-state index contributed by atoms with van der Waals surface area (Å²) in [5, 5.41) is 9.30. The van der Waals surface area contributed by atoms with E-state index in [1.165, 1.54) is 25.7 Å². The molecule has 0 heterocycles. The quantitative estimate of drug-likeness (QED) is 0.823. The summed E-state index contributed by atoms with van der Waals surface area (Å²) in [4.78, 5) is 13.7. The van der Waals surface area contributed by atoms with Gasteiger partial charge in [-0.15, -0.1) is 0 Å². The molecule has 4 heteroatoms. The minimum Gasteiger partial charge on any atom is -0.480 e. The van der Waals surface area contributed by atoms with Gasteiger partial charge in [-0.3, -0.25) is 4.79 Å². The minimum atomic E-state index is -1.00. The third-order valence-electron chi connectivity index (χ3n) is 5.32. The second-order valence-electron chi connectivity index (χ2n) is 6.79. The molecule has 2 unspecified atom stereocenters. The SMILES string of the molecule is CC1CCC(N(C)C2CCCC(N)(C(=O)O)C2)CC1. The fourth-order valence-electron chi connectivity index (χ4n) is 3.77. The number of carboxylic acids is 1. The summed E-state index contributed by atoms with van der Waals surface area (Å²) < 4.78 is 0. The van der Waals surface area contributed by atoms with Crippen LogP contribution in [0.15, 0.2) is 0 Å². The molecule has 3 N–H and O–H groups in total. The maximum Gasteiger partial charge on any atom is 0.323 e. The second-order valence-corrected chi connectivity index (χ2v) is 6.79. The van der Waals surface area contributed by atoms with Gasteiger partial charge >= 0.3 is 5.97 Å². The van der Waals surface area contributed by atoms with E-state index in [0.717, 1.165) is 18.8 Å². The smallest absolute Gasteiger partial charge is 0.323 e. The average molecular weight is 268 g/mol. The van der Waals surface area contributed by atoms with Crippen LogP contribution < -0.4 is 5.73 Å². The summed E-state index contributed by atoms with van der Waals surface area (Å²) in [5.41, 5.74) is 5.05. The van der Waals surface area contributed by atoms with Crippen molar-refractivity contribution >= 4 is 5.97 Å². The third-order valence-corrected chi connectivity index (χ3v) is 5.32. The van der Waals surface area contributed by atoms with E-state index in [0.29, 0.717) is 24.9 Å². The molecule has 2 aliphatic rings. The largest absolute Gasteiger partial charge is 0.480 e. The second kappa shape index (κ2) is 5.80. The molecule has 0 radical (unpaired) electrons. The van der Waals surface area contributed by atoms with Crippen LogP contribution in [0.5, 0.6) is 0 Å². The highest BCUT2D eigenvalue weighted by molar-refractivity contribution is 5.78. The molecule has 110 valence electrons. The van der Waals surface area contributed by atoms with E-state index >= 15 is 0 Å². The Balaban J connectivity index is 1.95. The zero-order valence-electron chi connectivity index (χ0n) is 12.3. The monoisotopic (exact) mass is 268 g/mol. The Morgan fingerprint density at radius 2 is 1.84 bits per heavy atom. The molecular formula is C15H28N2O2. The van der Waals surface area contributed by atoms with Crippen LogP contribution in [0.1, 0.15) is 58.3 Å². The van der Waals surface area contributed by atoms with Gasteiger partial charge in [-0.1, -0.05) is 6.92 Å². The number of carbonyl (C=O) groups is 1. The van der Waals surface area contributed by atoms with E-state index in [-0.39, 0.29) is 0 Å². The summed E-state index contributed by atoms with van der Waals surface area (Å²) in [7, 11) is 2.17. The van der Waals surface area contributed by atoms with Crippen molar-refractivity contribution in [2.75, 3.05) is 7.05 Å². The van der Waals surface area contributed by atoms with Crippen molar-refractivity contribution in [1.82, 2.24) is 4.90 Å². The third kappa shape index (κ3) is 3.29. The summed E-state index contributed by atoms with van der Waals surface area (Å²) in [6.07, 6.45) is 8.34. The lowest BCUT2D eigenvalue weighted by atomic mass is 9.78. The molecule has 0 aliphatic heterocycles. The highest BCUT2D eigenvalue weighted by Gasteiger charge is 2.41. The molecule has 2 fully saturated rings. The summed E-state index contributed by atoms with van der Waals surface area (Å²) in [5.74, 6) is 0.0199. The van der Waals surface area contributed by atoms with Gasteiger partial charge in [0.1, 0.15) is 5.54 Å². The Labute approximate surface area is 116 Å². The number of rotatable bonds is 3. The Hall–Kier alpha value is -0.610. The van der Waals surface area contributed by atoms with Crippen LogP contribution in [0, 0.1) is 5.92 Å². The van der Waals surface area contributed by atoms with E-state index in [1.54, 1.807) is 0 Å². The van der Waals surface area contributed by atoms with Crippen LogP contribution in [0.3, 0.4) is 0 Å². The number of carboxylic acid groups (broad SMARTS) is 1. The molecule has 0 spiro atoms. The molecule has 4 nitrogen and oxygen atoms in total. The van der Waals surface area contributed by atoms with Gasteiger partial charge in [-0.2, -0.15) is 0 Å². The predicted molar refractivity (Wildman–Crippen MR) is 76.0 cm³/mol. The van der Waals surface area contributed by atoms with E-state index in [2.05, 4.69) is 18.9 Å². The van der Waals surface area contributed by atoms with Crippen molar-refractivity contribution in [3.63, 3.8) is 0 Å². The van der Waals surface area contributed by atoms with E-state index < -0.39 is 11.5 Å². The molecule has 0 amide bonds. The van der Waals surface area contributed by atoms with Crippen molar-refractivity contribution in [1.29, 1.82) is 0 Å². The Kier molecular flexibility index (Phi) is 4.51. The van der Waals surface area contributed by atoms with E-state index in [9.17, 15) is 9.90 Å². The highest BCUT2D eigenvalue weighted by Crippen LogP contribution is 2.34. The van der Waals surface area contributed by atoms with Crippen molar-refractivity contribution in [2.45, 2.75) is 75.9 Å². The van der Waals surface area contributed by atoms with Crippen molar-refractivity contribution in [3.8, 4) is 0 Å². The molecule has 2 atom stereocenters. The molecule has 0 saturated heterocycles. The molecular weight excluding hydrogens is 240 g/mol. The van der Waals surface area contributed by atoms with Gasteiger partial charge in [0.05, 0.1) is 0 Å². The molecule has 0 aromatic rings. The molecule has 2 aliphatic carbocycles. The molecule has 2 saturated carbocycles. The fraction of sp³-hybridized carbons (Fsp3) is 0.933. The number of hydrogen-bond donors (Lipinski definition) is 2. The first kappa shape index (κ1) is 14.8. The first-order valence-corrected chi connectivity index (χ1v) is 7.66. The standard InChI is InChI=1S/C15H28N2O2/c1-11-5-7-12(8-6-11)17(2)13-4-3-9-15(16,10-13)14(18)19/h11-13H,3-10,16H2,1-2H3,(H,18,19). The lowest BCUT2D eigenvalue weighted by molar-refractivity contribution is -0.145.